The van der Waals surface area contributed by atoms with Crippen LogP contribution in [-0.4, -0.2) is 23.2 Å². The molecule has 1 rings (SSSR count). The summed E-state index contributed by atoms with van der Waals surface area (Å²) in [6.07, 6.45) is 7.66. The van der Waals surface area contributed by atoms with Gasteiger partial charge in [0.2, 0.25) is 0 Å². The van der Waals surface area contributed by atoms with E-state index >= 15 is 0 Å². The molecule has 0 aromatic rings. The molecule has 0 atom stereocenters. The maximum Gasteiger partial charge on any atom is 0.143 e. The highest BCUT2D eigenvalue weighted by molar-refractivity contribution is 8.29. The Morgan fingerprint density at radius 2 is 2.00 bits per heavy atom. The minimum Gasteiger partial charge on any atom is -0.388 e. The summed E-state index contributed by atoms with van der Waals surface area (Å²) in [7, 11) is -0.0465. The van der Waals surface area contributed by atoms with Gasteiger partial charge in [-0.1, -0.05) is 19.0 Å². The summed E-state index contributed by atoms with van der Waals surface area (Å²) in [5.74, 6) is 0. The largest absolute Gasteiger partial charge is 0.388 e. The molecule has 1 aliphatic heterocycles. The highest BCUT2D eigenvalue weighted by Gasteiger charge is 2.35. The van der Waals surface area contributed by atoms with Gasteiger partial charge in [-0.2, -0.15) is 0 Å². The molecule has 0 radical (unpaired) electrons. The number of oxime groups is 1. The van der Waals surface area contributed by atoms with Crippen LogP contribution in [-0.2, 0) is 4.84 Å². The Bertz CT molecular complexity index is 185. The van der Waals surface area contributed by atoms with Crippen LogP contribution in [0.4, 0.5) is 0 Å². The van der Waals surface area contributed by atoms with Crippen molar-refractivity contribution in [2.75, 3.05) is 12.5 Å². The summed E-state index contributed by atoms with van der Waals surface area (Å²) in [5.41, 5.74) is 0.0436. The van der Waals surface area contributed by atoms with E-state index in [1.54, 1.807) is 0 Å². The number of hydrogen-bond donors (Lipinski definition) is 1. The van der Waals surface area contributed by atoms with Gasteiger partial charge in [-0.25, -0.2) is 10.9 Å². The predicted molar refractivity (Wildman–Crippen MR) is 57.3 cm³/mol. The Morgan fingerprint density at radius 3 is 2.25 bits per heavy atom. The van der Waals surface area contributed by atoms with Crippen molar-refractivity contribution in [2.24, 2.45) is 5.16 Å². The van der Waals surface area contributed by atoms with Gasteiger partial charge in [0.25, 0.3) is 0 Å². The SMILES string of the molecule is CCC1(CC)CC([SH](C)C)=NO1. The number of thiol groups is 1. The summed E-state index contributed by atoms with van der Waals surface area (Å²) < 4.78 is 0. The fourth-order valence-corrected chi connectivity index (χ4v) is 2.18. The molecule has 0 bridgehead atoms. The first-order valence-corrected chi connectivity index (χ1v) is 6.79. The molecule has 12 heavy (non-hydrogen) atoms. The molecule has 0 amide bonds. The number of nitrogens with zero attached hydrogens (tertiary/aromatic N) is 1. The van der Waals surface area contributed by atoms with E-state index in [9.17, 15) is 0 Å². The van der Waals surface area contributed by atoms with E-state index in [0.717, 1.165) is 19.3 Å². The summed E-state index contributed by atoms with van der Waals surface area (Å²) in [6, 6.07) is 0. The van der Waals surface area contributed by atoms with E-state index in [1.807, 2.05) is 0 Å². The maximum absolute atomic E-state index is 5.52. The van der Waals surface area contributed by atoms with Crippen LogP contribution in [0.2, 0.25) is 0 Å². The van der Waals surface area contributed by atoms with E-state index in [0.29, 0.717) is 0 Å². The lowest BCUT2D eigenvalue weighted by Crippen LogP contribution is -2.26. The Labute approximate surface area is 77.7 Å². The molecule has 1 heterocycles. The average Bonchev–Trinajstić information content (AvgIpc) is 2.49. The van der Waals surface area contributed by atoms with Gasteiger partial charge in [-0.15, -0.1) is 0 Å². The molecular formula is C9H19NOS. The Hall–Kier alpha value is -0.180. The minimum atomic E-state index is -0.0465. The molecule has 0 saturated carbocycles. The second-order valence-electron chi connectivity index (χ2n) is 3.56. The number of rotatable bonds is 2. The minimum absolute atomic E-state index is 0.0436. The standard InChI is InChI=1S/C9H19NOS/c1-5-9(6-2)7-8(10-11-9)12(3)4/h12H,5-7H2,1-4H3. The van der Waals surface area contributed by atoms with Gasteiger partial charge >= 0.3 is 0 Å². The number of hydrogen-bond acceptors (Lipinski definition) is 2. The molecule has 0 aromatic carbocycles. The zero-order valence-electron chi connectivity index (χ0n) is 8.42. The molecule has 72 valence electrons. The van der Waals surface area contributed by atoms with Crippen LogP contribution in [0.5, 0.6) is 0 Å². The van der Waals surface area contributed by atoms with Crippen molar-refractivity contribution in [3.63, 3.8) is 0 Å². The van der Waals surface area contributed by atoms with Gasteiger partial charge in [0, 0.05) is 6.42 Å². The first-order chi connectivity index (χ1) is 5.63. The quantitative estimate of drug-likeness (QED) is 0.662. The third-order valence-corrected chi connectivity index (χ3v) is 3.90. The molecule has 0 fully saturated rings. The maximum atomic E-state index is 5.52. The van der Waals surface area contributed by atoms with Gasteiger partial charge in [-0.05, 0) is 25.4 Å². The fraction of sp³-hybridized carbons (Fsp3) is 0.889. The Morgan fingerprint density at radius 1 is 1.42 bits per heavy atom. The summed E-state index contributed by atoms with van der Waals surface area (Å²) in [6.45, 7) is 4.35. The van der Waals surface area contributed by atoms with Crippen LogP contribution in [0.1, 0.15) is 33.1 Å². The predicted octanol–water partition coefficient (Wildman–Crippen LogP) is 2.54. The normalized spacial score (nSPS) is 21.7. The lowest BCUT2D eigenvalue weighted by Gasteiger charge is -2.23. The van der Waals surface area contributed by atoms with Crippen LogP contribution in [0.3, 0.4) is 0 Å². The Balaban J connectivity index is 2.60. The van der Waals surface area contributed by atoms with Crippen LogP contribution >= 0.6 is 10.9 Å². The molecule has 0 aromatic heterocycles. The van der Waals surface area contributed by atoms with E-state index < -0.39 is 0 Å². The molecule has 3 heteroatoms. The molecule has 2 nitrogen and oxygen atoms in total. The second-order valence-corrected chi connectivity index (χ2v) is 5.87. The van der Waals surface area contributed by atoms with Crippen molar-refractivity contribution in [3.05, 3.63) is 0 Å². The lowest BCUT2D eigenvalue weighted by atomic mass is 9.95. The third-order valence-electron chi connectivity index (χ3n) is 2.63. The summed E-state index contributed by atoms with van der Waals surface area (Å²) >= 11 is 0. The monoisotopic (exact) mass is 189 g/mol. The molecule has 0 saturated heterocycles. The van der Waals surface area contributed by atoms with E-state index in [-0.39, 0.29) is 16.5 Å². The smallest absolute Gasteiger partial charge is 0.143 e. The van der Waals surface area contributed by atoms with Crippen LogP contribution < -0.4 is 0 Å². The van der Waals surface area contributed by atoms with E-state index in [2.05, 4.69) is 31.5 Å². The van der Waals surface area contributed by atoms with Crippen LogP contribution in [0.25, 0.3) is 0 Å². The van der Waals surface area contributed by atoms with Crippen molar-refractivity contribution in [1.82, 2.24) is 0 Å². The Kier molecular flexibility index (Phi) is 3.04. The zero-order chi connectivity index (χ0) is 9.19. The second kappa shape index (κ2) is 3.69. The van der Waals surface area contributed by atoms with Crippen molar-refractivity contribution in [2.45, 2.75) is 38.7 Å². The lowest BCUT2D eigenvalue weighted by molar-refractivity contribution is -0.0243. The fourth-order valence-electron chi connectivity index (χ4n) is 1.37. The van der Waals surface area contributed by atoms with Crippen molar-refractivity contribution in [3.8, 4) is 0 Å². The van der Waals surface area contributed by atoms with Crippen molar-refractivity contribution < 1.29 is 4.84 Å². The van der Waals surface area contributed by atoms with Gasteiger partial charge in [0.05, 0.1) is 5.04 Å². The molecule has 0 N–H and O–H groups in total. The topological polar surface area (TPSA) is 21.6 Å². The van der Waals surface area contributed by atoms with Crippen LogP contribution in [0, 0.1) is 0 Å². The molecule has 0 unspecified atom stereocenters. The zero-order valence-corrected chi connectivity index (χ0v) is 9.32. The molecule has 0 aliphatic carbocycles. The third kappa shape index (κ3) is 1.76. The molecular weight excluding hydrogens is 170 g/mol. The van der Waals surface area contributed by atoms with Crippen molar-refractivity contribution >= 4 is 15.9 Å². The van der Waals surface area contributed by atoms with E-state index in [4.69, 9.17) is 4.84 Å². The highest BCUT2D eigenvalue weighted by atomic mass is 32.2. The van der Waals surface area contributed by atoms with Crippen molar-refractivity contribution in [1.29, 1.82) is 0 Å². The average molecular weight is 189 g/mol. The summed E-state index contributed by atoms with van der Waals surface area (Å²) in [5, 5.41) is 5.46. The van der Waals surface area contributed by atoms with Gasteiger partial charge in [-0.3, -0.25) is 0 Å². The van der Waals surface area contributed by atoms with Gasteiger partial charge < -0.3 is 4.84 Å². The molecule has 0 spiro atoms. The summed E-state index contributed by atoms with van der Waals surface area (Å²) in [4.78, 5) is 5.52. The highest BCUT2D eigenvalue weighted by Crippen LogP contribution is 2.36. The van der Waals surface area contributed by atoms with Gasteiger partial charge in [0.1, 0.15) is 5.60 Å². The van der Waals surface area contributed by atoms with Gasteiger partial charge in [0.15, 0.2) is 0 Å². The van der Waals surface area contributed by atoms with Crippen LogP contribution in [0.15, 0.2) is 5.16 Å². The van der Waals surface area contributed by atoms with E-state index in [1.165, 1.54) is 5.04 Å². The first-order valence-electron chi connectivity index (χ1n) is 4.56. The molecule has 1 aliphatic rings. The first kappa shape index (κ1) is 9.90.